The molecule has 0 saturated carbocycles. The summed E-state index contributed by atoms with van der Waals surface area (Å²) in [4.78, 5) is 24.2. The molecule has 0 spiro atoms. The normalized spacial score (nSPS) is 14.0. The molecule has 26 heavy (non-hydrogen) atoms. The van der Waals surface area contributed by atoms with Crippen LogP contribution in [-0.4, -0.2) is 34.6 Å². The first-order valence-corrected chi connectivity index (χ1v) is 9.96. The molecule has 4 rings (SSSR count). The van der Waals surface area contributed by atoms with Crippen molar-refractivity contribution in [3.05, 3.63) is 52.0 Å². The number of benzene rings is 1. The van der Waals surface area contributed by atoms with E-state index in [1.54, 1.807) is 11.3 Å². The molecular formula is C18H18N4O2S2. The Balaban J connectivity index is 1.42. The fourth-order valence-corrected chi connectivity index (χ4v) is 4.75. The molecule has 0 bridgehead atoms. The van der Waals surface area contributed by atoms with Crippen molar-refractivity contribution in [2.24, 2.45) is 0 Å². The van der Waals surface area contributed by atoms with E-state index in [0.717, 1.165) is 48.0 Å². The van der Waals surface area contributed by atoms with E-state index in [0.29, 0.717) is 5.13 Å². The number of thiazole rings is 2. The number of nitrogens with zero attached hydrogens (tertiary/aromatic N) is 3. The molecule has 0 unspecified atom stereocenters. The van der Waals surface area contributed by atoms with Crippen molar-refractivity contribution in [1.29, 1.82) is 0 Å². The molecule has 1 amide bonds. The molecule has 3 heterocycles. The minimum atomic E-state index is -0.483. The zero-order chi connectivity index (χ0) is 17.9. The zero-order valence-electron chi connectivity index (χ0n) is 14.3. The number of fused-ring (bicyclic) bond motifs is 1. The molecule has 1 aliphatic rings. The van der Waals surface area contributed by atoms with Crippen LogP contribution in [-0.2, 0) is 24.2 Å². The lowest BCUT2D eigenvalue weighted by Crippen LogP contribution is -2.29. The van der Waals surface area contributed by atoms with Crippen molar-refractivity contribution in [1.82, 2.24) is 14.9 Å². The number of rotatable bonds is 4. The number of hydrogen-bond acceptors (Lipinski definition) is 7. The molecule has 0 atom stereocenters. The highest BCUT2D eigenvalue weighted by molar-refractivity contribution is 7.15. The maximum absolute atomic E-state index is 11.3. The monoisotopic (exact) mass is 386 g/mol. The van der Waals surface area contributed by atoms with Crippen LogP contribution < -0.4 is 5.32 Å². The Bertz CT molecular complexity index is 907. The first-order valence-electron chi connectivity index (χ1n) is 8.27. The van der Waals surface area contributed by atoms with E-state index >= 15 is 0 Å². The second-order valence-electron chi connectivity index (χ2n) is 5.98. The van der Waals surface area contributed by atoms with E-state index in [9.17, 15) is 4.79 Å². The first-order chi connectivity index (χ1) is 12.7. The summed E-state index contributed by atoms with van der Waals surface area (Å²) in [7, 11) is 1.35. The number of amides is 1. The van der Waals surface area contributed by atoms with E-state index in [1.807, 2.05) is 18.2 Å². The molecular weight excluding hydrogens is 368 g/mol. The van der Waals surface area contributed by atoms with Crippen LogP contribution in [0, 0.1) is 0 Å². The number of carbonyl (C=O) groups is 1. The third kappa shape index (κ3) is 3.77. The van der Waals surface area contributed by atoms with Crippen molar-refractivity contribution in [2.45, 2.75) is 19.5 Å². The highest BCUT2D eigenvalue weighted by atomic mass is 32.1. The summed E-state index contributed by atoms with van der Waals surface area (Å²) in [5, 5.41) is 6.44. The summed E-state index contributed by atoms with van der Waals surface area (Å²) in [5.74, 6) is 0. The summed E-state index contributed by atoms with van der Waals surface area (Å²) in [6, 6.07) is 10.3. The molecule has 6 nitrogen and oxygen atoms in total. The Morgan fingerprint density at radius 2 is 2.15 bits per heavy atom. The molecule has 3 aromatic rings. The Morgan fingerprint density at radius 3 is 2.96 bits per heavy atom. The SMILES string of the molecule is COC(=O)Nc1nc2c(s1)CN(Cc1csc(-c3ccccc3)n1)CC2. The predicted octanol–water partition coefficient (Wildman–Crippen LogP) is 4.00. The van der Waals surface area contributed by atoms with Crippen molar-refractivity contribution in [3.8, 4) is 10.6 Å². The fourth-order valence-electron chi connectivity index (χ4n) is 2.90. The van der Waals surface area contributed by atoms with E-state index in [2.05, 4.69) is 37.5 Å². The fraction of sp³-hybridized carbons (Fsp3) is 0.278. The van der Waals surface area contributed by atoms with Gasteiger partial charge in [0.2, 0.25) is 0 Å². The molecule has 1 aliphatic heterocycles. The van der Waals surface area contributed by atoms with E-state index in [-0.39, 0.29) is 0 Å². The minimum Gasteiger partial charge on any atom is -0.453 e. The van der Waals surface area contributed by atoms with Crippen molar-refractivity contribution in [3.63, 3.8) is 0 Å². The Hall–Kier alpha value is -2.29. The molecule has 0 radical (unpaired) electrons. The van der Waals surface area contributed by atoms with E-state index in [4.69, 9.17) is 4.98 Å². The largest absolute Gasteiger partial charge is 0.453 e. The number of methoxy groups -OCH3 is 1. The van der Waals surface area contributed by atoms with E-state index in [1.165, 1.54) is 23.3 Å². The van der Waals surface area contributed by atoms with Crippen molar-refractivity contribution in [2.75, 3.05) is 19.0 Å². The highest BCUT2D eigenvalue weighted by Crippen LogP contribution is 2.30. The Kier molecular flexibility index (Phi) is 4.96. The van der Waals surface area contributed by atoms with Gasteiger partial charge in [-0.25, -0.2) is 14.8 Å². The maximum Gasteiger partial charge on any atom is 0.413 e. The topological polar surface area (TPSA) is 67.3 Å². The van der Waals surface area contributed by atoms with Gasteiger partial charge in [-0.05, 0) is 0 Å². The summed E-state index contributed by atoms with van der Waals surface area (Å²) >= 11 is 3.19. The van der Waals surface area contributed by atoms with E-state index < -0.39 is 6.09 Å². The van der Waals surface area contributed by atoms with Crippen LogP contribution in [0.4, 0.5) is 9.93 Å². The van der Waals surface area contributed by atoms with Crippen LogP contribution in [0.15, 0.2) is 35.7 Å². The zero-order valence-corrected chi connectivity index (χ0v) is 15.9. The first kappa shape index (κ1) is 17.1. The third-order valence-electron chi connectivity index (χ3n) is 4.16. The van der Waals surface area contributed by atoms with Crippen LogP contribution in [0.25, 0.3) is 10.6 Å². The van der Waals surface area contributed by atoms with Crippen LogP contribution in [0.1, 0.15) is 16.3 Å². The maximum atomic E-state index is 11.3. The van der Waals surface area contributed by atoms with Gasteiger partial charge >= 0.3 is 6.09 Å². The quantitative estimate of drug-likeness (QED) is 0.734. The molecule has 0 saturated heterocycles. The lowest BCUT2D eigenvalue weighted by molar-refractivity contribution is 0.187. The second kappa shape index (κ2) is 7.53. The summed E-state index contributed by atoms with van der Waals surface area (Å²) in [5.41, 5.74) is 3.32. The lowest BCUT2D eigenvalue weighted by atomic mass is 10.2. The molecule has 0 fully saturated rings. The second-order valence-corrected chi connectivity index (χ2v) is 7.92. The van der Waals surface area contributed by atoms with Gasteiger partial charge < -0.3 is 4.74 Å². The number of carbonyl (C=O) groups excluding carboxylic acids is 1. The Labute approximate surface area is 159 Å². The Morgan fingerprint density at radius 1 is 1.31 bits per heavy atom. The molecule has 0 aliphatic carbocycles. The third-order valence-corrected chi connectivity index (χ3v) is 6.10. The summed E-state index contributed by atoms with van der Waals surface area (Å²) < 4.78 is 4.62. The van der Waals surface area contributed by atoms with Gasteiger partial charge in [-0.15, -0.1) is 11.3 Å². The van der Waals surface area contributed by atoms with Gasteiger partial charge in [0.25, 0.3) is 0 Å². The number of nitrogens with one attached hydrogen (secondary N) is 1. The predicted molar refractivity (Wildman–Crippen MR) is 104 cm³/mol. The van der Waals surface area contributed by atoms with Crippen LogP contribution in [0.2, 0.25) is 0 Å². The van der Waals surface area contributed by atoms with Crippen LogP contribution >= 0.6 is 22.7 Å². The lowest BCUT2D eigenvalue weighted by Gasteiger charge is -2.24. The summed E-state index contributed by atoms with van der Waals surface area (Å²) in [6.45, 7) is 2.58. The number of anilines is 1. The molecule has 8 heteroatoms. The average Bonchev–Trinajstić information content (AvgIpc) is 3.28. The minimum absolute atomic E-state index is 0.483. The van der Waals surface area contributed by atoms with Gasteiger partial charge in [0.1, 0.15) is 5.01 Å². The van der Waals surface area contributed by atoms with Gasteiger partial charge in [0.15, 0.2) is 5.13 Å². The van der Waals surface area contributed by atoms with Gasteiger partial charge in [0.05, 0.1) is 18.5 Å². The molecule has 1 N–H and O–H groups in total. The van der Waals surface area contributed by atoms with Gasteiger partial charge in [-0.3, -0.25) is 10.2 Å². The average molecular weight is 387 g/mol. The smallest absolute Gasteiger partial charge is 0.413 e. The van der Waals surface area contributed by atoms with Crippen molar-refractivity contribution >= 4 is 33.9 Å². The molecule has 134 valence electrons. The van der Waals surface area contributed by atoms with Gasteiger partial charge in [-0.1, -0.05) is 41.7 Å². The van der Waals surface area contributed by atoms with Crippen molar-refractivity contribution < 1.29 is 9.53 Å². The van der Waals surface area contributed by atoms with Gasteiger partial charge in [0, 0.05) is 41.9 Å². The molecule has 1 aromatic carbocycles. The number of hydrogen-bond donors (Lipinski definition) is 1. The number of aromatic nitrogens is 2. The molecule has 2 aromatic heterocycles. The number of ether oxygens (including phenoxy) is 1. The van der Waals surface area contributed by atoms with Crippen LogP contribution in [0.5, 0.6) is 0 Å². The highest BCUT2D eigenvalue weighted by Gasteiger charge is 2.22. The van der Waals surface area contributed by atoms with Crippen LogP contribution in [0.3, 0.4) is 0 Å². The summed E-state index contributed by atoms with van der Waals surface area (Å²) in [6.07, 6.45) is 0.397. The van der Waals surface area contributed by atoms with Gasteiger partial charge in [-0.2, -0.15) is 0 Å². The standard InChI is InChI=1S/C18H18N4O2S2/c1-24-18(23)21-17-20-14-7-8-22(10-15(14)26-17)9-13-11-25-16(19-13)12-5-3-2-4-6-12/h2-6,11H,7-10H2,1H3,(H,20,21,23).